The van der Waals surface area contributed by atoms with Crippen LogP contribution in [0.5, 0.6) is 0 Å². The van der Waals surface area contributed by atoms with Crippen molar-refractivity contribution >= 4 is 28.8 Å². The molecular formula is C9H10N2O3S. The molecule has 1 aliphatic heterocycles. The summed E-state index contributed by atoms with van der Waals surface area (Å²) >= 11 is 1.25. The van der Waals surface area contributed by atoms with E-state index < -0.39 is 18.1 Å². The van der Waals surface area contributed by atoms with Crippen molar-refractivity contribution in [3.8, 4) is 0 Å². The number of rotatable bonds is 1. The van der Waals surface area contributed by atoms with Crippen LogP contribution in [0.4, 0.5) is 5.69 Å². The third-order valence-corrected chi connectivity index (χ3v) is 3.09. The van der Waals surface area contributed by atoms with Gasteiger partial charge < -0.3 is 15.7 Å². The molecule has 2 heterocycles. The lowest BCUT2D eigenvalue weighted by atomic mass is 10.2. The Morgan fingerprint density at radius 3 is 2.93 bits per heavy atom. The predicted octanol–water partition coefficient (Wildman–Crippen LogP) is 0.179. The third kappa shape index (κ3) is 1.73. The maximum atomic E-state index is 11.6. The van der Waals surface area contributed by atoms with Gasteiger partial charge in [-0.3, -0.25) is 9.59 Å². The minimum absolute atomic E-state index is 0.329. The summed E-state index contributed by atoms with van der Waals surface area (Å²) < 4.78 is 0. The van der Waals surface area contributed by atoms with Gasteiger partial charge in [-0.2, -0.15) is 0 Å². The maximum absolute atomic E-state index is 11.6. The van der Waals surface area contributed by atoms with Crippen molar-refractivity contribution in [1.29, 1.82) is 0 Å². The molecule has 6 heteroatoms. The maximum Gasteiger partial charge on any atom is 0.264 e. The first-order valence-corrected chi connectivity index (χ1v) is 5.35. The van der Waals surface area contributed by atoms with Crippen molar-refractivity contribution in [3.63, 3.8) is 0 Å². The standard InChI is InChI=1S/C9H10N2O3S/c1-4(12)6-8(13)10-5-2-3-15-7(5)9(14)11-6/h2-4,6,12H,1H3,(H,10,13)(H,11,14)/t4-,6+/m1/s1. The molecule has 0 bridgehead atoms. The van der Waals surface area contributed by atoms with E-state index in [1.807, 2.05) is 0 Å². The number of amides is 2. The second kappa shape index (κ2) is 3.63. The largest absolute Gasteiger partial charge is 0.391 e. The minimum Gasteiger partial charge on any atom is -0.391 e. The van der Waals surface area contributed by atoms with Crippen LogP contribution in [0, 0.1) is 0 Å². The highest BCUT2D eigenvalue weighted by atomic mass is 32.1. The second-order valence-electron chi connectivity index (χ2n) is 3.34. The monoisotopic (exact) mass is 226 g/mol. The summed E-state index contributed by atoms with van der Waals surface area (Å²) in [6.07, 6.45) is -0.914. The number of thiophene rings is 1. The van der Waals surface area contributed by atoms with Crippen LogP contribution in [0.2, 0.25) is 0 Å². The van der Waals surface area contributed by atoms with Crippen LogP contribution >= 0.6 is 11.3 Å². The van der Waals surface area contributed by atoms with E-state index in [1.54, 1.807) is 11.4 Å². The number of aliphatic hydroxyl groups excluding tert-OH is 1. The molecule has 0 saturated carbocycles. The zero-order valence-corrected chi connectivity index (χ0v) is 8.80. The molecule has 2 atom stereocenters. The molecule has 1 aliphatic rings. The highest BCUT2D eigenvalue weighted by molar-refractivity contribution is 7.12. The molecule has 5 nitrogen and oxygen atoms in total. The highest BCUT2D eigenvalue weighted by Crippen LogP contribution is 2.24. The van der Waals surface area contributed by atoms with Gasteiger partial charge in [0.25, 0.3) is 5.91 Å². The SMILES string of the molecule is C[C@@H](O)[C@@H]1NC(=O)c2sccc2NC1=O. The van der Waals surface area contributed by atoms with Gasteiger partial charge >= 0.3 is 0 Å². The summed E-state index contributed by atoms with van der Waals surface area (Å²) in [5.41, 5.74) is 0.505. The van der Waals surface area contributed by atoms with Crippen LogP contribution in [0.1, 0.15) is 16.6 Å². The van der Waals surface area contributed by atoms with E-state index in [4.69, 9.17) is 0 Å². The average Bonchev–Trinajstić information content (AvgIpc) is 2.56. The fraction of sp³-hybridized carbons (Fsp3) is 0.333. The average molecular weight is 226 g/mol. The Labute approximate surface area is 90.1 Å². The van der Waals surface area contributed by atoms with Gasteiger partial charge in [0.2, 0.25) is 5.91 Å². The lowest BCUT2D eigenvalue weighted by molar-refractivity contribution is -0.120. The van der Waals surface area contributed by atoms with Crippen molar-refractivity contribution in [3.05, 3.63) is 16.3 Å². The van der Waals surface area contributed by atoms with Crippen LogP contribution in [-0.4, -0.2) is 29.1 Å². The number of fused-ring (bicyclic) bond motifs is 1. The van der Waals surface area contributed by atoms with E-state index in [2.05, 4.69) is 10.6 Å². The third-order valence-electron chi connectivity index (χ3n) is 2.18. The molecule has 2 rings (SSSR count). The fourth-order valence-electron chi connectivity index (χ4n) is 1.41. The van der Waals surface area contributed by atoms with Gasteiger partial charge in [0, 0.05) is 0 Å². The van der Waals surface area contributed by atoms with Crippen LogP contribution in [0.15, 0.2) is 11.4 Å². The normalized spacial score (nSPS) is 22.4. The number of hydrogen-bond acceptors (Lipinski definition) is 4. The van der Waals surface area contributed by atoms with E-state index in [-0.39, 0.29) is 5.91 Å². The molecule has 80 valence electrons. The second-order valence-corrected chi connectivity index (χ2v) is 4.26. The van der Waals surface area contributed by atoms with Gasteiger partial charge in [-0.05, 0) is 18.4 Å². The van der Waals surface area contributed by atoms with E-state index in [9.17, 15) is 14.7 Å². The quantitative estimate of drug-likeness (QED) is 0.639. The molecule has 3 N–H and O–H groups in total. The van der Waals surface area contributed by atoms with Crippen molar-refractivity contribution < 1.29 is 14.7 Å². The Bertz CT molecular complexity index is 413. The number of anilines is 1. The summed E-state index contributed by atoms with van der Waals surface area (Å²) in [6, 6.07) is 0.777. The Kier molecular flexibility index (Phi) is 2.45. The summed E-state index contributed by atoms with van der Waals surface area (Å²) in [7, 11) is 0. The topological polar surface area (TPSA) is 78.4 Å². The Hall–Kier alpha value is -1.40. The molecule has 1 aromatic heterocycles. The molecule has 0 radical (unpaired) electrons. The number of carbonyl (C=O) groups excluding carboxylic acids is 2. The molecule has 2 amide bonds. The summed E-state index contributed by atoms with van der Waals surface area (Å²) in [6.45, 7) is 1.46. The predicted molar refractivity (Wildman–Crippen MR) is 55.9 cm³/mol. The summed E-state index contributed by atoms with van der Waals surface area (Å²) in [5, 5.41) is 16.1. The Balaban J connectivity index is 2.35. The first-order chi connectivity index (χ1) is 7.09. The van der Waals surface area contributed by atoms with Crippen molar-refractivity contribution in [1.82, 2.24) is 5.32 Å². The molecule has 0 spiro atoms. The van der Waals surface area contributed by atoms with Crippen LogP contribution < -0.4 is 10.6 Å². The number of hydrogen-bond donors (Lipinski definition) is 3. The zero-order valence-electron chi connectivity index (χ0n) is 7.98. The lowest BCUT2D eigenvalue weighted by Gasteiger charge is -2.16. The number of nitrogens with one attached hydrogen (secondary N) is 2. The zero-order chi connectivity index (χ0) is 11.0. The molecule has 15 heavy (non-hydrogen) atoms. The molecule has 0 aromatic carbocycles. The number of carbonyl (C=O) groups is 2. The summed E-state index contributed by atoms with van der Waals surface area (Å²) in [4.78, 5) is 23.7. The Morgan fingerprint density at radius 1 is 1.53 bits per heavy atom. The lowest BCUT2D eigenvalue weighted by Crippen LogP contribution is -2.48. The van der Waals surface area contributed by atoms with Crippen molar-refractivity contribution in [2.24, 2.45) is 0 Å². The van der Waals surface area contributed by atoms with E-state index >= 15 is 0 Å². The molecule has 0 unspecified atom stereocenters. The van der Waals surface area contributed by atoms with E-state index in [1.165, 1.54) is 18.3 Å². The van der Waals surface area contributed by atoms with Gasteiger partial charge in [0.1, 0.15) is 10.9 Å². The highest BCUT2D eigenvalue weighted by Gasteiger charge is 2.31. The van der Waals surface area contributed by atoms with Gasteiger partial charge in [-0.25, -0.2) is 0 Å². The van der Waals surface area contributed by atoms with Gasteiger partial charge in [0.05, 0.1) is 11.8 Å². The van der Waals surface area contributed by atoms with Gasteiger partial charge in [0.15, 0.2) is 0 Å². The Morgan fingerprint density at radius 2 is 2.27 bits per heavy atom. The first kappa shape index (κ1) is 10.1. The van der Waals surface area contributed by atoms with Crippen molar-refractivity contribution in [2.45, 2.75) is 19.1 Å². The summed E-state index contributed by atoms with van der Waals surface area (Å²) in [5.74, 6) is -0.722. The van der Waals surface area contributed by atoms with Gasteiger partial charge in [-0.15, -0.1) is 11.3 Å². The molecule has 1 aromatic rings. The van der Waals surface area contributed by atoms with E-state index in [0.29, 0.717) is 10.6 Å². The smallest absolute Gasteiger partial charge is 0.264 e. The molecule has 0 aliphatic carbocycles. The molecule has 0 fully saturated rings. The molecular weight excluding hydrogens is 216 g/mol. The minimum atomic E-state index is -0.914. The van der Waals surface area contributed by atoms with E-state index in [0.717, 1.165) is 0 Å². The number of aliphatic hydroxyl groups is 1. The molecule has 0 saturated heterocycles. The van der Waals surface area contributed by atoms with Crippen LogP contribution in [0.3, 0.4) is 0 Å². The fourth-order valence-corrected chi connectivity index (χ4v) is 2.16. The van der Waals surface area contributed by atoms with Gasteiger partial charge in [-0.1, -0.05) is 0 Å². The first-order valence-electron chi connectivity index (χ1n) is 4.47. The van der Waals surface area contributed by atoms with Crippen molar-refractivity contribution in [2.75, 3.05) is 5.32 Å². The van der Waals surface area contributed by atoms with Crippen LogP contribution in [-0.2, 0) is 4.79 Å². The van der Waals surface area contributed by atoms with Crippen LogP contribution in [0.25, 0.3) is 0 Å².